The van der Waals surface area contributed by atoms with Crippen molar-refractivity contribution in [2.75, 3.05) is 12.4 Å². The Labute approximate surface area is 163 Å². The quantitative estimate of drug-likeness (QED) is 0.0922. The SMILES string of the molecule is CC=CC(=O)OCCCCCCCCCCCCCCC[SH]=P(O)(O)O. The highest BCUT2D eigenvalue weighted by molar-refractivity contribution is 8.16. The van der Waals surface area contributed by atoms with E-state index in [1.54, 1.807) is 6.08 Å². The predicted octanol–water partition coefficient (Wildman–Crippen LogP) is 4.65. The van der Waals surface area contributed by atoms with E-state index in [2.05, 4.69) is 0 Å². The minimum atomic E-state index is -3.56. The monoisotopic (exact) mass is 410 g/mol. The third kappa shape index (κ3) is 21.9. The molecule has 7 heteroatoms. The summed E-state index contributed by atoms with van der Waals surface area (Å²) in [4.78, 5) is 37.7. The van der Waals surface area contributed by atoms with E-state index in [9.17, 15) is 4.79 Å². The molecule has 0 spiro atoms. The molecule has 3 N–H and O–H groups in total. The van der Waals surface area contributed by atoms with E-state index in [0.29, 0.717) is 23.3 Å². The van der Waals surface area contributed by atoms with Crippen LogP contribution in [0.15, 0.2) is 12.2 Å². The van der Waals surface area contributed by atoms with Crippen LogP contribution in [0.1, 0.15) is 90.4 Å². The Morgan fingerprint density at radius 1 is 0.808 bits per heavy atom. The standard InChI is InChI=1S/C19H39O5PS/c1-2-16-19(20)24-17-14-12-10-8-6-4-3-5-7-9-11-13-15-18-26-25(21,22)23/h2,16,21-23,26H,3-15,17-18H2,1H3. The Bertz CT molecular complexity index is 412. The lowest BCUT2D eigenvalue weighted by atomic mass is 10.0. The maximum Gasteiger partial charge on any atom is 0.330 e. The van der Waals surface area contributed by atoms with E-state index in [4.69, 9.17) is 19.4 Å². The van der Waals surface area contributed by atoms with Gasteiger partial charge < -0.3 is 19.4 Å². The number of unbranched alkanes of at least 4 members (excludes halogenated alkanes) is 12. The molecule has 0 aromatic carbocycles. The van der Waals surface area contributed by atoms with Gasteiger partial charge in [0.25, 0.3) is 6.72 Å². The van der Waals surface area contributed by atoms with Crippen LogP contribution in [0.2, 0.25) is 0 Å². The average Bonchev–Trinajstić information content (AvgIpc) is 2.57. The summed E-state index contributed by atoms with van der Waals surface area (Å²) in [5.41, 5.74) is 0. The number of hydrogen-bond acceptors (Lipinski definition) is 2. The molecule has 0 aliphatic carbocycles. The molecule has 0 saturated carbocycles. The van der Waals surface area contributed by atoms with Crippen LogP contribution < -0.4 is 0 Å². The second kappa shape index (κ2) is 18.2. The van der Waals surface area contributed by atoms with Crippen molar-refractivity contribution in [3.8, 4) is 0 Å². The van der Waals surface area contributed by atoms with Gasteiger partial charge in [-0.3, -0.25) is 0 Å². The Kier molecular flexibility index (Phi) is 18.2. The number of esters is 1. The van der Waals surface area contributed by atoms with Gasteiger partial charge in [-0.1, -0.05) is 76.7 Å². The van der Waals surface area contributed by atoms with Gasteiger partial charge >= 0.3 is 5.97 Å². The molecule has 0 fully saturated rings. The minimum absolute atomic E-state index is 0.240. The van der Waals surface area contributed by atoms with E-state index in [0.717, 1.165) is 25.7 Å². The summed E-state index contributed by atoms with van der Waals surface area (Å²) in [5, 5.41) is 0. The zero-order valence-electron chi connectivity index (χ0n) is 16.3. The van der Waals surface area contributed by atoms with Crippen LogP contribution in [-0.2, 0) is 20.5 Å². The number of thiol groups is 1. The Hall–Kier alpha value is -0.130. The first-order valence-corrected chi connectivity index (χ1v) is 13.4. The number of carbonyl (C=O) groups is 1. The van der Waals surface area contributed by atoms with Crippen molar-refractivity contribution >= 4 is 23.6 Å². The van der Waals surface area contributed by atoms with E-state index < -0.39 is 6.72 Å². The number of carbonyl (C=O) groups excluding carboxylic acids is 1. The molecule has 0 aliphatic heterocycles. The molecule has 0 aromatic heterocycles. The molecule has 0 unspecified atom stereocenters. The van der Waals surface area contributed by atoms with Crippen molar-refractivity contribution in [3.63, 3.8) is 0 Å². The fourth-order valence-electron chi connectivity index (χ4n) is 2.72. The zero-order valence-corrected chi connectivity index (χ0v) is 18.1. The smallest absolute Gasteiger partial charge is 0.330 e. The van der Waals surface area contributed by atoms with Gasteiger partial charge in [0.2, 0.25) is 0 Å². The Balaban J connectivity index is 3.15. The van der Waals surface area contributed by atoms with Crippen molar-refractivity contribution < 1.29 is 24.2 Å². The number of rotatable bonds is 17. The second-order valence-electron chi connectivity index (χ2n) is 6.67. The molecule has 0 radical (unpaired) electrons. The number of ether oxygens (including phenoxy) is 1. The van der Waals surface area contributed by atoms with Crippen molar-refractivity contribution in [1.29, 1.82) is 0 Å². The van der Waals surface area contributed by atoms with Gasteiger partial charge in [0.05, 0.1) is 6.61 Å². The maximum atomic E-state index is 11.1. The zero-order chi connectivity index (χ0) is 19.5. The van der Waals surface area contributed by atoms with E-state index in [1.165, 1.54) is 63.9 Å². The van der Waals surface area contributed by atoms with E-state index >= 15 is 0 Å². The molecular formula is C19H39O5PS. The van der Waals surface area contributed by atoms with Crippen LogP contribution in [0.25, 0.3) is 0 Å². The summed E-state index contributed by atoms with van der Waals surface area (Å²) >= 11 is 0. The fourth-order valence-corrected chi connectivity index (χ4v) is 4.58. The summed E-state index contributed by atoms with van der Waals surface area (Å²) in [6.45, 7) is -1.22. The van der Waals surface area contributed by atoms with E-state index in [1.807, 2.05) is 6.92 Å². The highest BCUT2D eigenvalue weighted by atomic mass is 32.5. The van der Waals surface area contributed by atoms with Crippen LogP contribution in [-0.4, -0.2) is 33.0 Å². The molecular weight excluding hydrogens is 371 g/mol. The summed E-state index contributed by atoms with van der Waals surface area (Å²) in [5.74, 6) is 0.436. The Morgan fingerprint density at radius 3 is 1.65 bits per heavy atom. The molecule has 5 nitrogen and oxygen atoms in total. The maximum absolute atomic E-state index is 11.1. The van der Waals surface area contributed by atoms with Gasteiger partial charge in [-0.05, 0) is 25.5 Å². The van der Waals surface area contributed by atoms with Gasteiger partial charge in [-0.15, -0.1) is 10.9 Å². The summed E-state index contributed by atoms with van der Waals surface area (Å²) in [6, 6.07) is 0. The average molecular weight is 411 g/mol. The second-order valence-corrected chi connectivity index (χ2v) is 10.9. The predicted molar refractivity (Wildman–Crippen MR) is 113 cm³/mol. The van der Waals surface area contributed by atoms with Crippen LogP contribution in [0.5, 0.6) is 0 Å². The fraction of sp³-hybridized carbons (Fsp3) is 0.842. The topological polar surface area (TPSA) is 87.0 Å². The molecule has 0 aromatic rings. The minimum Gasteiger partial charge on any atom is -0.463 e. The molecule has 0 saturated heterocycles. The van der Waals surface area contributed by atoms with Gasteiger partial charge in [0.1, 0.15) is 0 Å². The van der Waals surface area contributed by atoms with Crippen LogP contribution >= 0.6 is 6.72 Å². The number of hydrogen-bond donors (Lipinski definition) is 4. The Morgan fingerprint density at radius 2 is 1.23 bits per heavy atom. The molecule has 0 amide bonds. The lowest BCUT2D eigenvalue weighted by molar-refractivity contribution is -0.137. The van der Waals surface area contributed by atoms with Crippen LogP contribution in [0, 0.1) is 0 Å². The molecule has 0 heterocycles. The third-order valence-corrected chi connectivity index (χ3v) is 6.77. The van der Waals surface area contributed by atoms with Crippen LogP contribution in [0.3, 0.4) is 0 Å². The molecule has 0 aliphatic rings. The van der Waals surface area contributed by atoms with Crippen LogP contribution in [0.4, 0.5) is 0 Å². The van der Waals surface area contributed by atoms with Gasteiger partial charge in [-0.2, -0.15) is 0 Å². The van der Waals surface area contributed by atoms with Gasteiger partial charge in [0.15, 0.2) is 0 Å². The normalized spacial score (nSPS) is 12.0. The molecule has 26 heavy (non-hydrogen) atoms. The first kappa shape index (κ1) is 25.9. The lowest BCUT2D eigenvalue weighted by Crippen LogP contribution is -2.01. The highest BCUT2D eigenvalue weighted by Gasteiger charge is 1.99. The summed E-state index contributed by atoms with van der Waals surface area (Å²) < 4.78 is 5.05. The molecule has 156 valence electrons. The summed E-state index contributed by atoms with van der Waals surface area (Å²) in [7, 11) is 0.390. The lowest BCUT2D eigenvalue weighted by Gasteiger charge is -2.04. The van der Waals surface area contributed by atoms with Crippen molar-refractivity contribution in [2.45, 2.75) is 90.4 Å². The van der Waals surface area contributed by atoms with Gasteiger partial charge in [-0.25, -0.2) is 4.79 Å². The highest BCUT2D eigenvalue weighted by Crippen LogP contribution is 2.31. The molecule has 0 bridgehead atoms. The number of allylic oxidation sites excluding steroid dienone is 1. The van der Waals surface area contributed by atoms with Crippen molar-refractivity contribution in [1.82, 2.24) is 0 Å². The van der Waals surface area contributed by atoms with Crippen molar-refractivity contribution in [2.24, 2.45) is 0 Å². The first-order valence-electron chi connectivity index (χ1n) is 10.0. The van der Waals surface area contributed by atoms with E-state index in [-0.39, 0.29) is 5.97 Å². The summed E-state index contributed by atoms with van der Waals surface area (Å²) in [6.07, 6.45) is 18.8. The largest absolute Gasteiger partial charge is 0.463 e. The first-order chi connectivity index (χ1) is 12.5. The molecule has 0 atom stereocenters. The van der Waals surface area contributed by atoms with Crippen molar-refractivity contribution in [3.05, 3.63) is 12.2 Å². The van der Waals surface area contributed by atoms with Gasteiger partial charge in [0, 0.05) is 6.08 Å². The molecule has 0 rings (SSSR count). The third-order valence-electron chi connectivity index (χ3n) is 4.14.